The van der Waals surface area contributed by atoms with E-state index in [1.165, 1.54) is 38.5 Å². The maximum absolute atomic E-state index is 12.8. The average molecular weight is 965 g/mol. The Labute approximate surface area is 415 Å². The third-order valence-electron chi connectivity index (χ3n) is 10.2. The minimum absolute atomic E-state index is 0.00962. The fourth-order valence-electron chi connectivity index (χ4n) is 6.27. The standard InChI is InChI=1S/C58H94NO8P/c1-6-8-10-12-14-16-18-20-22-23-24-25-26-27-28-29-30-31-32-33-34-35-37-39-41-43-45-47-49-51-58(61)67-56(55-66-68(62,63)65-53-52-59(3,4)5)54-64-57(60)50-48-46-44-42-40-38-36-21-19-17-15-13-11-9-7-2/h8-11,14-17,20-22,24-25,27-28,30-31,36,40,42,46,48,56H,6-7,12-13,18-19,23,26,29,32-35,37-39,41,43-45,47,49-55H2,1-5H3/p+1/b10-8-,11-9-,16-14-,17-15-,22-20-,25-24-,28-27-,31-30-,36-21-,42-40-,48-46-. The number of unbranched alkanes of at least 4 members (excludes halogenated alkanes) is 10. The maximum Gasteiger partial charge on any atom is 0.472 e. The number of quaternary nitrogens is 1. The van der Waals surface area contributed by atoms with Gasteiger partial charge in [-0.3, -0.25) is 18.6 Å². The van der Waals surface area contributed by atoms with E-state index in [0.29, 0.717) is 23.9 Å². The molecule has 0 spiro atoms. The number of carbonyl (C=O) groups is 2. The van der Waals surface area contributed by atoms with Crippen molar-refractivity contribution in [1.82, 2.24) is 0 Å². The van der Waals surface area contributed by atoms with Crippen LogP contribution in [0.3, 0.4) is 0 Å². The second kappa shape index (κ2) is 48.2. The van der Waals surface area contributed by atoms with Gasteiger partial charge in [0.2, 0.25) is 0 Å². The molecular weight excluding hydrogens is 870 g/mol. The van der Waals surface area contributed by atoms with E-state index in [1.807, 2.05) is 33.3 Å². The van der Waals surface area contributed by atoms with Crippen LogP contribution < -0.4 is 0 Å². The molecule has 384 valence electrons. The van der Waals surface area contributed by atoms with Gasteiger partial charge in [-0.1, -0.05) is 199 Å². The van der Waals surface area contributed by atoms with Crippen molar-refractivity contribution in [2.45, 2.75) is 174 Å². The van der Waals surface area contributed by atoms with E-state index in [9.17, 15) is 19.0 Å². The number of likely N-dealkylation sites (N-methyl/N-ethyl adjacent to an activating group) is 1. The van der Waals surface area contributed by atoms with Crippen LogP contribution in [0.25, 0.3) is 0 Å². The summed E-state index contributed by atoms with van der Waals surface area (Å²) in [6.45, 7) is 4.05. The number of esters is 2. The number of nitrogens with zero attached hydrogens (tertiary/aromatic N) is 1. The minimum atomic E-state index is -4.41. The first-order valence-corrected chi connectivity index (χ1v) is 27.4. The molecule has 0 saturated heterocycles. The number of allylic oxidation sites excluding steroid dienone is 21. The average Bonchev–Trinajstić information content (AvgIpc) is 3.30. The second-order valence-electron chi connectivity index (χ2n) is 17.8. The molecule has 0 amide bonds. The van der Waals surface area contributed by atoms with Gasteiger partial charge in [0.05, 0.1) is 34.2 Å². The summed E-state index contributed by atoms with van der Waals surface area (Å²) in [5, 5.41) is 0. The molecule has 2 atom stereocenters. The predicted octanol–water partition coefficient (Wildman–Crippen LogP) is 15.8. The third-order valence-corrected chi connectivity index (χ3v) is 11.2. The molecule has 10 heteroatoms. The van der Waals surface area contributed by atoms with Crippen LogP contribution in [0.1, 0.15) is 168 Å². The minimum Gasteiger partial charge on any atom is -0.461 e. The van der Waals surface area contributed by atoms with Crippen molar-refractivity contribution in [2.24, 2.45) is 0 Å². The van der Waals surface area contributed by atoms with Crippen molar-refractivity contribution in [1.29, 1.82) is 0 Å². The van der Waals surface area contributed by atoms with E-state index in [0.717, 1.165) is 89.9 Å². The number of ether oxygens (including phenoxy) is 2. The molecule has 0 aromatic carbocycles. The summed E-state index contributed by atoms with van der Waals surface area (Å²) in [7, 11) is 1.41. The van der Waals surface area contributed by atoms with Crippen LogP contribution in [-0.4, -0.2) is 74.9 Å². The van der Waals surface area contributed by atoms with Gasteiger partial charge in [-0.15, -0.1) is 0 Å². The number of hydrogen-bond donors (Lipinski definition) is 1. The van der Waals surface area contributed by atoms with Crippen molar-refractivity contribution in [2.75, 3.05) is 47.5 Å². The Kier molecular flexibility index (Phi) is 45.5. The van der Waals surface area contributed by atoms with Crippen LogP contribution in [0.2, 0.25) is 0 Å². The van der Waals surface area contributed by atoms with Gasteiger partial charge in [-0.2, -0.15) is 0 Å². The Hall–Kier alpha value is -3.85. The van der Waals surface area contributed by atoms with Crippen molar-refractivity contribution < 1.29 is 42.1 Å². The van der Waals surface area contributed by atoms with Crippen LogP contribution in [0, 0.1) is 0 Å². The van der Waals surface area contributed by atoms with E-state index >= 15 is 0 Å². The van der Waals surface area contributed by atoms with E-state index in [2.05, 4.69) is 129 Å². The predicted molar refractivity (Wildman–Crippen MR) is 288 cm³/mol. The van der Waals surface area contributed by atoms with Crippen LogP contribution in [0.5, 0.6) is 0 Å². The lowest BCUT2D eigenvalue weighted by molar-refractivity contribution is -0.870. The molecule has 0 heterocycles. The van der Waals surface area contributed by atoms with Crippen molar-refractivity contribution in [3.05, 3.63) is 134 Å². The van der Waals surface area contributed by atoms with E-state index in [4.69, 9.17) is 18.5 Å². The van der Waals surface area contributed by atoms with Gasteiger partial charge in [-0.05, 0) is 89.9 Å². The molecular formula is C58H95NO8P+. The molecule has 0 fully saturated rings. The largest absolute Gasteiger partial charge is 0.472 e. The molecule has 0 aliphatic carbocycles. The molecule has 1 N–H and O–H groups in total. The zero-order valence-corrected chi connectivity index (χ0v) is 44.2. The third kappa shape index (κ3) is 51.5. The highest BCUT2D eigenvalue weighted by molar-refractivity contribution is 7.47. The Morgan fingerprint density at radius 2 is 0.838 bits per heavy atom. The van der Waals surface area contributed by atoms with Crippen molar-refractivity contribution in [3.63, 3.8) is 0 Å². The first kappa shape index (κ1) is 64.2. The lowest BCUT2D eigenvalue weighted by Crippen LogP contribution is -2.37. The van der Waals surface area contributed by atoms with Crippen LogP contribution in [-0.2, 0) is 32.7 Å². The van der Waals surface area contributed by atoms with E-state index < -0.39 is 32.5 Å². The summed E-state index contributed by atoms with van der Waals surface area (Å²) in [5.74, 6) is -0.963. The van der Waals surface area contributed by atoms with Gasteiger partial charge in [0, 0.05) is 6.42 Å². The van der Waals surface area contributed by atoms with Crippen molar-refractivity contribution in [3.8, 4) is 0 Å². The Bertz CT molecular complexity index is 1610. The first-order valence-electron chi connectivity index (χ1n) is 25.9. The SMILES string of the molecule is CC/C=C\C/C=C\C/C=C\C/C=C\C/C=C\C/C=C\CCCCCCCCCCCCC(=O)OC(COC(=O)C/C=C\C/C=C\C/C=C\C/C=C\C/C=C\CC)COP(=O)(O)OCC[N+](C)(C)C. The Morgan fingerprint density at radius 1 is 0.471 bits per heavy atom. The summed E-state index contributed by atoms with van der Waals surface area (Å²) in [5.41, 5.74) is 0. The topological polar surface area (TPSA) is 108 Å². The number of hydrogen-bond acceptors (Lipinski definition) is 7. The second-order valence-corrected chi connectivity index (χ2v) is 19.3. The quantitative estimate of drug-likeness (QED) is 0.0211. The number of phosphoric acid groups is 1. The number of phosphoric ester groups is 1. The number of carbonyl (C=O) groups excluding carboxylic acids is 2. The molecule has 0 aliphatic heterocycles. The number of rotatable bonds is 45. The molecule has 0 aliphatic rings. The molecule has 0 aromatic rings. The Balaban J connectivity index is 4.30. The summed E-state index contributed by atoms with van der Waals surface area (Å²) in [4.78, 5) is 35.5. The fourth-order valence-corrected chi connectivity index (χ4v) is 7.01. The zero-order valence-electron chi connectivity index (χ0n) is 43.3. The molecule has 68 heavy (non-hydrogen) atoms. The van der Waals surface area contributed by atoms with Gasteiger partial charge < -0.3 is 18.9 Å². The first-order chi connectivity index (χ1) is 33.0. The molecule has 0 aromatic heterocycles. The molecule has 0 saturated carbocycles. The van der Waals surface area contributed by atoms with E-state index in [1.54, 1.807) is 6.08 Å². The molecule has 9 nitrogen and oxygen atoms in total. The smallest absolute Gasteiger partial charge is 0.461 e. The normalized spacial score (nSPS) is 14.5. The van der Waals surface area contributed by atoms with E-state index in [-0.39, 0.29) is 26.1 Å². The lowest BCUT2D eigenvalue weighted by atomic mass is 10.0. The highest BCUT2D eigenvalue weighted by Gasteiger charge is 2.27. The van der Waals surface area contributed by atoms with Crippen LogP contribution in [0.4, 0.5) is 0 Å². The van der Waals surface area contributed by atoms with Gasteiger partial charge in [0.25, 0.3) is 0 Å². The van der Waals surface area contributed by atoms with Gasteiger partial charge in [0.15, 0.2) is 6.10 Å². The molecule has 0 bridgehead atoms. The highest BCUT2D eigenvalue weighted by Crippen LogP contribution is 2.43. The zero-order chi connectivity index (χ0) is 49.9. The maximum atomic E-state index is 12.8. The van der Waals surface area contributed by atoms with Gasteiger partial charge >= 0.3 is 19.8 Å². The van der Waals surface area contributed by atoms with Crippen LogP contribution >= 0.6 is 7.82 Å². The summed E-state index contributed by atoms with van der Waals surface area (Å²) in [6, 6.07) is 0. The lowest BCUT2D eigenvalue weighted by Gasteiger charge is -2.24. The summed E-state index contributed by atoms with van der Waals surface area (Å²) >= 11 is 0. The molecule has 0 rings (SSSR count). The van der Waals surface area contributed by atoms with Gasteiger partial charge in [-0.25, -0.2) is 4.57 Å². The summed E-state index contributed by atoms with van der Waals surface area (Å²) < 4.78 is 34.3. The molecule has 0 radical (unpaired) electrons. The highest BCUT2D eigenvalue weighted by atomic mass is 31.2. The monoisotopic (exact) mass is 965 g/mol. The van der Waals surface area contributed by atoms with Crippen LogP contribution in [0.15, 0.2) is 134 Å². The Morgan fingerprint density at radius 3 is 1.25 bits per heavy atom. The fraction of sp³-hybridized carbons (Fsp3) is 0.586. The molecule has 2 unspecified atom stereocenters. The summed E-state index contributed by atoms with van der Waals surface area (Å²) in [6.07, 6.45) is 69.7. The van der Waals surface area contributed by atoms with Gasteiger partial charge in [0.1, 0.15) is 19.8 Å². The van der Waals surface area contributed by atoms with Crippen molar-refractivity contribution >= 4 is 19.8 Å².